The number of nitrogens with one attached hydrogen (secondary N) is 1. The Labute approximate surface area is 112 Å². The van der Waals surface area contributed by atoms with Gasteiger partial charge in [0.15, 0.2) is 0 Å². The van der Waals surface area contributed by atoms with Gasteiger partial charge in [-0.25, -0.2) is 0 Å². The van der Waals surface area contributed by atoms with Gasteiger partial charge < -0.3 is 10.4 Å². The maximum atomic E-state index is 12.1. The van der Waals surface area contributed by atoms with Crippen LogP contribution in [0.1, 0.15) is 31.2 Å². The minimum atomic E-state index is -1.47. The highest BCUT2D eigenvalue weighted by Crippen LogP contribution is 2.26. The van der Waals surface area contributed by atoms with E-state index in [1.165, 1.54) is 6.92 Å². The molecule has 1 aliphatic carbocycles. The van der Waals surface area contributed by atoms with E-state index in [1.54, 1.807) is 6.07 Å². The third kappa shape index (κ3) is 3.10. The molecule has 0 saturated heterocycles. The number of amides is 1. The van der Waals surface area contributed by atoms with Crippen molar-refractivity contribution in [1.82, 2.24) is 10.3 Å². The van der Waals surface area contributed by atoms with Gasteiger partial charge in [0.25, 0.3) is 0 Å². The minimum Gasteiger partial charge on any atom is -0.480 e. The zero-order valence-corrected chi connectivity index (χ0v) is 11.1. The first-order valence-corrected chi connectivity index (χ1v) is 6.39. The molecule has 0 spiro atoms. The fourth-order valence-corrected chi connectivity index (χ4v) is 1.89. The number of rotatable bonds is 5. The average molecular weight is 262 g/mol. The summed E-state index contributed by atoms with van der Waals surface area (Å²) in [6, 6.07) is 5.56. The molecule has 1 aromatic rings. The molecule has 1 aromatic heterocycles. The summed E-state index contributed by atoms with van der Waals surface area (Å²) in [5, 5.41) is 12.1. The number of carboxylic acids is 1. The number of pyridine rings is 1. The van der Waals surface area contributed by atoms with Crippen molar-refractivity contribution < 1.29 is 14.7 Å². The van der Waals surface area contributed by atoms with E-state index < -0.39 is 17.3 Å². The van der Waals surface area contributed by atoms with Crippen LogP contribution in [0, 0.1) is 12.3 Å². The zero-order chi connectivity index (χ0) is 14.0. The lowest BCUT2D eigenvalue weighted by atomic mass is 9.84. The molecule has 0 radical (unpaired) electrons. The standard InChI is InChI=1S/C14H18N2O3/c1-9-4-3-5-11(15-9)8-14(2,13(18)19)12(17)16-10-6-7-10/h3-5,10H,6-8H2,1-2H3,(H,16,17)(H,18,19). The predicted molar refractivity (Wildman–Crippen MR) is 69.6 cm³/mol. The van der Waals surface area contributed by atoms with Gasteiger partial charge in [-0.05, 0) is 38.8 Å². The van der Waals surface area contributed by atoms with E-state index in [9.17, 15) is 14.7 Å². The van der Waals surface area contributed by atoms with Crippen molar-refractivity contribution in [2.45, 2.75) is 39.2 Å². The number of carboxylic acid groups (broad SMARTS) is 1. The number of aromatic nitrogens is 1. The molecule has 1 atom stereocenters. The summed E-state index contributed by atoms with van der Waals surface area (Å²) in [6.07, 6.45) is 1.97. The van der Waals surface area contributed by atoms with Crippen LogP contribution in [0.2, 0.25) is 0 Å². The number of carbonyl (C=O) groups excluding carboxylic acids is 1. The highest BCUT2D eigenvalue weighted by molar-refractivity contribution is 6.01. The maximum absolute atomic E-state index is 12.1. The largest absolute Gasteiger partial charge is 0.480 e. The Bertz CT molecular complexity index is 511. The van der Waals surface area contributed by atoms with Crippen molar-refractivity contribution in [2.24, 2.45) is 5.41 Å². The summed E-state index contributed by atoms with van der Waals surface area (Å²) in [4.78, 5) is 27.9. The molecule has 1 unspecified atom stereocenters. The van der Waals surface area contributed by atoms with Crippen LogP contribution in [0.25, 0.3) is 0 Å². The van der Waals surface area contributed by atoms with Gasteiger partial charge in [0.05, 0.1) is 0 Å². The molecular formula is C14H18N2O3. The molecule has 2 rings (SSSR count). The molecular weight excluding hydrogens is 244 g/mol. The molecule has 1 heterocycles. The lowest BCUT2D eigenvalue weighted by Gasteiger charge is -2.23. The monoisotopic (exact) mass is 262 g/mol. The smallest absolute Gasteiger partial charge is 0.319 e. The highest BCUT2D eigenvalue weighted by Gasteiger charge is 2.43. The van der Waals surface area contributed by atoms with E-state index >= 15 is 0 Å². The molecule has 19 heavy (non-hydrogen) atoms. The van der Waals surface area contributed by atoms with Gasteiger partial charge >= 0.3 is 5.97 Å². The van der Waals surface area contributed by atoms with Gasteiger partial charge in [-0.15, -0.1) is 0 Å². The SMILES string of the molecule is Cc1cccc(CC(C)(C(=O)O)C(=O)NC2CC2)n1. The Hall–Kier alpha value is -1.91. The summed E-state index contributed by atoms with van der Waals surface area (Å²) >= 11 is 0. The van der Waals surface area contributed by atoms with E-state index in [-0.39, 0.29) is 12.5 Å². The topological polar surface area (TPSA) is 79.3 Å². The first kappa shape index (κ1) is 13.5. The minimum absolute atomic E-state index is 0.0998. The third-order valence-corrected chi connectivity index (χ3v) is 3.37. The lowest BCUT2D eigenvalue weighted by molar-refractivity contribution is -0.154. The molecule has 1 saturated carbocycles. The fourth-order valence-electron chi connectivity index (χ4n) is 1.89. The van der Waals surface area contributed by atoms with E-state index in [0.29, 0.717) is 5.69 Å². The normalized spacial score (nSPS) is 17.6. The quantitative estimate of drug-likeness (QED) is 0.784. The molecule has 1 fully saturated rings. The molecule has 5 heteroatoms. The van der Waals surface area contributed by atoms with Crippen LogP contribution < -0.4 is 5.32 Å². The van der Waals surface area contributed by atoms with Gasteiger partial charge in [0.1, 0.15) is 5.41 Å². The number of hydrogen-bond donors (Lipinski definition) is 2. The third-order valence-electron chi connectivity index (χ3n) is 3.37. The highest BCUT2D eigenvalue weighted by atomic mass is 16.4. The van der Waals surface area contributed by atoms with Crippen molar-refractivity contribution in [3.8, 4) is 0 Å². The second kappa shape index (κ2) is 4.99. The molecule has 102 valence electrons. The van der Waals surface area contributed by atoms with Crippen molar-refractivity contribution >= 4 is 11.9 Å². The Kier molecular flexibility index (Phi) is 3.55. The predicted octanol–water partition coefficient (Wildman–Crippen LogP) is 1.30. The van der Waals surface area contributed by atoms with Crippen LogP contribution in [0.3, 0.4) is 0 Å². The second-order valence-corrected chi connectivity index (χ2v) is 5.33. The van der Waals surface area contributed by atoms with Crippen molar-refractivity contribution in [3.63, 3.8) is 0 Å². The number of nitrogens with zero attached hydrogens (tertiary/aromatic N) is 1. The summed E-state index contributed by atoms with van der Waals surface area (Å²) in [5.41, 5.74) is -0.0349. The maximum Gasteiger partial charge on any atom is 0.319 e. The average Bonchev–Trinajstić information content (AvgIpc) is 3.12. The van der Waals surface area contributed by atoms with Gasteiger partial charge in [-0.1, -0.05) is 6.07 Å². The molecule has 2 N–H and O–H groups in total. The van der Waals surface area contributed by atoms with Crippen LogP contribution in [-0.2, 0) is 16.0 Å². The summed E-state index contributed by atoms with van der Waals surface area (Å²) in [5.74, 6) is -1.54. The van der Waals surface area contributed by atoms with Gasteiger partial charge in [0, 0.05) is 23.9 Å². The summed E-state index contributed by atoms with van der Waals surface area (Å²) in [6.45, 7) is 3.29. The van der Waals surface area contributed by atoms with Crippen LogP contribution >= 0.6 is 0 Å². The molecule has 0 aliphatic heterocycles. The zero-order valence-electron chi connectivity index (χ0n) is 11.1. The van der Waals surface area contributed by atoms with E-state index in [1.807, 2.05) is 19.1 Å². The van der Waals surface area contributed by atoms with E-state index in [2.05, 4.69) is 10.3 Å². The Morgan fingerprint density at radius 1 is 1.47 bits per heavy atom. The first-order valence-electron chi connectivity index (χ1n) is 6.39. The van der Waals surface area contributed by atoms with Gasteiger partial charge in [-0.2, -0.15) is 0 Å². The van der Waals surface area contributed by atoms with Crippen LogP contribution in [0.5, 0.6) is 0 Å². The molecule has 1 amide bonds. The van der Waals surface area contributed by atoms with Crippen LogP contribution in [0.15, 0.2) is 18.2 Å². The summed E-state index contributed by atoms with van der Waals surface area (Å²) < 4.78 is 0. The first-order chi connectivity index (χ1) is 8.91. The van der Waals surface area contributed by atoms with Crippen LogP contribution in [0.4, 0.5) is 0 Å². The summed E-state index contributed by atoms with van der Waals surface area (Å²) in [7, 11) is 0. The van der Waals surface area contributed by atoms with Crippen molar-refractivity contribution in [3.05, 3.63) is 29.6 Å². The van der Waals surface area contributed by atoms with Crippen molar-refractivity contribution in [2.75, 3.05) is 0 Å². The van der Waals surface area contributed by atoms with E-state index in [4.69, 9.17) is 0 Å². The number of aryl methyl sites for hydroxylation is 1. The fraction of sp³-hybridized carbons (Fsp3) is 0.500. The molecule has 1 aliphatic rings. The second-order valence-electron chi connectivity index (χ2n) is 5.33. The van der Waals surface area contributed by atoms with Crippen LogP contribution in [-0.4, -0.2) is 28.0 Å². The number of hydrogen-bond acceptors (Lipinski definition) is 3. The van der Waals surface area contributed by atoms with Gasteiger partial charge in [0.2, 0.25) is 5.91 Å². The Morgan fingerprint density at radius 3 is 2.68 bits per heavy atom. The Morgan fingerprint density at radius 2 is 2.16 bits per heavy atom. The van der Waals surface area contributed by atoms with E-state index in [0.717, 1.165) is 18.5 Å². The Balaban J connectivity index is 2.18. The lowest BCUT2D eigenvalue weighted by Crippen LogP contribution is -2.46. The van der Waals surface area contributed by atoms with Crippen molar-refractivity contribution in [1.29, 1.82) is 0 Å². The molecule has 0 bridgehead atoms. The molecule has 0 aromatic carbocycles. The number of aliphatic carboxylic acids is 1. The molecule has 5 nitrogen and oxygen atoms in total. The van der Waals surface area contributed by atoms with Gasteiger partial charge in [-0.3, -0.25) is 14.6 Å². The number of carbonyl (C=O) groups is 2.